The SMILES string of the molecule is O=C(C[S])NCc1ccc(O)cc1C(=O)NCCS(=O)(=O)O. The molecular formula is C12H15N2O6S2. The molecule has 0 aromatic heterocycles. The van der Waals surface area contributed by atoms with Crippen LogP contribution in [0.15, 0.2) is 18.2 Å². The molecule has 22 heavy (non-hydrogen) atoms. The maximum atomic E-state index is 12.0. The molecule has 10 heteroatoms. The van der Waals surface area contributed by atoms with Gasteiger partial charge in [-0.3, -0.25) is 14.1 Å². The first-order valence-electron chi connectivity index (χ1n) is 6.13. The summed E-state index contributed by atoms with van der Waals surface area (Å²) in [6.45, 7) is -0.248. The molecule has 0 saturated carbocycles. The zero-order valence-electron chi connectivity index (χ0n) is 11.4. The molecule has 121 valence electrons. The Morgan fingerprint density at radius 1 is 1.23 bits per heavy atom. The summed E-state index contributed by atoms with van der Waals surface area (Å²) in [5, 5.41) is 14.3. The van der Waals surface area contributed by atoms with Crippen LogP contribution < -0.4 is 10.6 Å². The number of phenolic OH excluding ortho intramolecular Hbond substituents is 1. The first-order chi connectivity index (χ1) is 10.2. The van der Waals surface area contributed by atoms with Crippen molar-refractivity contribution < 1.29 is 27.7 Å². The molecule has 1 aromatic rings. The Morgan fingerprint density at radius 3 is 2.50 bits per heavy atom. The highest BCUT2D eigenvalue weighted by molar-refractivity contribution is 7.85. The lowest BCUT2D eigenvalue weighted by Crippen LogP contribution is -2.31. The summed E-state index contributed by atoms with van der Waals surface area (Å²) in [5.41, 5.74) is 0.513. The molecule has 8 nitrogen and oxygen atoms in total. The van der Waals surface area contributed by atoms with Gasteiger partial charge in [-0.1, -0.05) is 18.7 Å². The van der Waals surface area contributed by atoms with Gasteiger partial charge in [0.15, 0.2) is 0 Å². The number of hydrogen-bond acceptors (Lipinski definition) is 5. The van der Waals surface area contributed by atoms with Gasteiger partial charge in [0.25, 0.3) is 16.0 Å². The lowest BCUT2D eigenvalue weighted by molar-refractivity contribution is -0.118. The number of nitrogens with one attached hydrogen (secondary N) is 2. The predicted molar refractivity (Wildman–Crippen MR) is 81.2 cm³/mol. The van der Waals surface area contributed by atoms with E-state index in [1.165, 1.54) is 18.2 Å². The van der Waals surface area contributed by atoms with Gasteiger partial charge in [0.2, 0.25) is 5.91 Å². The average molecular weight is 347 g/mol. The highest BCUT2D eigenvalue weighted by Gasteiger charge is 2.14. The number of amides is 2. The fourth-order valence-corrected chi connectivity index (χ4v) is 2.03. The summed E-state index contributed by atoms with van der Waals surface area (Å²) in [4.78, 5) is 23.1. The summed E-state index contributed by atoms with van der Waals surface area (Å²) < 4.78 is 29.8. The third-order valence-electron chi connectivity index (χ3n) is 2.59. The van der Waals surface area contributed by atoms with Crippen molar-refractivity contribution in [2.24, 2.45) is 0 Å². The number of aromatic hydroxyl groups is 1. The summed E-state index contributed by atoms with van der Waals surface area (Å²) >= 11 is 4.58. The average Bonchev–Trinajstić information content (AvgIpc) is 2.44. The highest BCUT2D eigenvalue weighted by atomic mass is 32.2. The molecule has 0 aliphatic heterocycles. The second-order valence-electron chi connectivity index (χ2n) is 4.30. The molecule has 0 atom stereocenters. The molecule has 0 spiro atoms. The fourth-order valence-electron chi connectivity index (χ4n) is 1.56. The van der Waals surface area contributed by atoms with E-state index in [4.69, 9.17) is 4.55 Å². The summed E-state index contributed by atoms with van der Waals surface area (Å²) in [7, 11) is -4.18. The highest BCUT2D eigenvalue weighted by Crippen LogP contribution is 2.16. The normalized spacial score (nSPS) is 11.0. The van der Waals surface area contributed by atoms with Crippen molar-refractivity contribution in [3.8, 4) is 5.75 Å². The van der Waals surface area contributed by atoms with Crippen molar-refractivity contribution >= 4 is 34.6 Å². The molecule has 1 aromatic carbocycles. The minimum Gasteiger partial charge on any atom is -0.508 e. The van der Waals surface area contributed by atoms with Crippen LogP contribution in [0, 0.1) is 0 Å². The molecule has 0 bridgehead atoms. The number of rotatable bonds is 7. The Balaban J connectivity index is 2.80. The van der Waals surface area contributed by atoms with E-state index < -0.39 is 21.8 Å². The summed E-state index contributed by atoms with van der Waals surface area (Å²) in [6.07, 6.45) is 0. The molecule has 1 radical (unpaired) electrons. The van der Waals surface area contributed by atoms with E-state index in [0.717, 1.165) is 0 Å². The molecule has 0 unspecified atom stereocenters. The van der Waals surface area contributed by atoms with Crippen molar-refractivity contribution in [2.75, 3.05) is 18.1 Å². The van der Waals surface area contributed by atoms with Gasteiger partial charge in [-0.25, -0.2) is 0 Å². The van der Waals surface area contributed by atoms with Gasteiger partial charge in [0.05, 0.1) is 11.5 Å². The van der Waals surface area contributed by atoms with Crippen LogP contribution in [-0.2, 0) is 21.5 Å². The lowest BCUT2D eigenvalue weighted by atomic mass is 10.1. The van der Waals surface area contributed by atoms with E-state index in [-0.39, 0.29) is 36.1 Å². The number of phenols is 1. The maximum absolute atomic E-state index is 12.0. The molecule has 2 amide bonds. The molecule has 0 aliphatic rings. The zero-order valence-corrected chi connectivity index (χ0v) is 13.0. The van der Waals surface area contributed by atoms with Crippen molar-refractivity contribution in [3.63, 3.8) is 0 Å². The van der Waals surface area contributed by atoms with Crippen LogP contribution in [0.4, 0.5) is 0 Å². The third-order valence-corrected chi connectivity index (χ3v) is 3.57. The monoisotopic (exact) mass is 347 g/mol. The molecule has 0 fully saturated rings. The van der Waals surface area contributed by atoms with Gasteiger partial charge in [-0.05, 0) is 17.7 Å². The van der Waals surface area contributed by atoms with E-state index in [0.29, 0.717) is 5.56 Å². The largest absolute Gasteiger partial charge is 0.508 e. The number of carbonyl (C=O) groups excluding carboxylic acids is 2. The van der Waals surface area contributed by atoms with Crippen LogP contribution in [0.2, 0.25) is 0 Å². The minimum atomic E-state index is -4.18. The maximum Gasteiger partial charge on any atom is 0.266 e. The van der Waals surface area contributed by atoms with Gasteiger partial charge in [-0.2, -0.15) is 8.42 Å². The van der Waals surface area contributed by atoms with Crippen LogP contribution in [0.25, 0.3) is 0 Å². The smallest absolute Gasteiger partial charge is 0.266 e. The van der Waals surface area contributed by atoms with E-state index in [1.54, 1.807) is 0 Å². The van der Waals surface area contributed by atoms with E-state index in [1.807, 2.05) is 0 Å². The number of hydrogen-bond donors (Lipinski definition) is 4. The first-order valence-corrected chi connectivity index (χ1v) is 8.31. The van der Waals surface area contributed by atoms with E-state index in [2.05, 4.69) is 23.3 Å². The Bertz CT molecular complexity index is 660. The van der Waals surface area contributed by atoms with E-state index in [9.17, 15) is 23.1 Å². The molecular weight excluding hydrogens is 332 g/mol. The standard InChI is InChI=1S/C12H15N2O6S2/c15-9-2-1-8(6-14-11(16)7-21)10(5-9)12(17)13-3-4-22(18,19)20/h1-2,5,15H,3-4,6-7H2,(H,13,17)(H,14,16)(H,18,19,20). The minimum absolute atomic E-state index is 0.0385. The van der Waals surface area contributed by atoms with Crippen LogP contribution in [0.5, 0.6) is 5.75 Å². The van der Waals surface area contributed by atoms with Crippen LogP contribution in [-0.4, -0.2) is 47.9 Å². The second-order valence-corrected chi connectivity index (χ2v) is 6.17. The van der Waals surface area contributed by atoms with Gasteiger partial charge in [0.1, 0.15) is 5.75 Å². The second kappa shape index (κ2) is 8.01. The fraction of sp³-hybridized carbons (Fsp3) is 0.333. The first kappa shape index (κ1) is 18.3. The molecule has 0 saturated heterocycles. The van der Waals surface area contributed by atoms with Gasteiger partial charge < -0.3 is 15.7 Å². The van der Waals surface area contributed by atoms with Crippen molar-refractivity contribution in [1.82, 2.24) is 10.6 Å². The van der Waals surface area contributed by atoms with Gasteiger partial charge >= 0.3 is 0 Å². The Hall–Kier alpha value is -1.78. The van der Waals surface area contributed by atoms with E-state index >= 15 is 0 Å². The molecule has 1 rings (SSSR count). The quantitative estimate of drug-likeness (QED) is 0.506. The Kier molecular flexibility index (Phi) is 6.65. The van der Waals surface area contributed by atoms with Gasteiger partial charge in [-0.15, -0.1) is 0 Å². The van der Waals surface area contributed by atoms with Crippen LogP contribution >= 0.6 is 12.6 Å². The van der Waals surface area contributed by atoms with Gasteiger partial charge in [0, 0.05) is 18.7 Å². The zero-order chi connectivity index (χ0) is 16.8. The van der Waals surface area contributed by atoms with Crippen molar-refractivity contribution in [3.05, 3.63) is 29.3 Å². The topological polar surface area (TPSA) is 133 Å². The molecule has 0 heterocycles. The lowest BCUT2D eigenvalue weighted by Gasteiger charge is -2.11. The van der Waals surface area contributed by atoms with Crippen LogP contribution in [0.3, 0.4) is 0 Å². The number of benzene rings is 1. The summed E-state index contributed by atoms with van der Waals surface area (Å²) in [6, 6.07) is 4.00. The third kappa shape index (κ3) is 6.33. The molecule has 0 aliphatic carbocycles. The van der Waals surface area contributed by atoms with Crippen molar-refractivity contribution in [2.45, 2.75) is 6.54 Å². The van der Waals surface area contributed by atoms with Crippen LogP contribution in [0.1, 0.15) is 15.9 Å². The summed E-state index contributed by atoms with van der Waals surface area (Å²) in [5.74, 6) is -1.91. The number of carbonyl (C=O) groups is 2. The Labute approximate surface area is 133 Å². The predicted octanol–water partition coefficient (Wildman–Crippen LogP) is -0.176. The van der Waals surface area contributed by atoms with Crippen molar-refractivity contribution in [1.29, 1.82) is 0 Å². The Morgan fingerprint density at radius 2 is 1.91 bits per heavy atom. The molecule has 4 N–H and O–H groups in total.